The Morgan fingerprint density at radius 2 is 1.65 bits per heavy atom. The summed E-state index contributed by atoms with van der Waals surface area (Å²) in [7, 11) is 0. The highest BCUT2D eigenvalue weighted by atomic mass is 19.4. The van der Waals surface area contributed by atoms with Gasteiger partial charge in [-0.1, -0.05) is 30.3 Å². The van der Waals surface area contributed by atoms with E-state index in [-0.39, 0.29) is 0 Å². The lowest BCUT2D eigenvalue weighted by Crippen LogP contribution is -2.26. The zero-order chi connectivity index (χ0) is 14.4. The topological polar surface area (TPSA) is 24.9 Å². The van der Waals surface area contributed by atoms with E-state index in [1.807, 2.05) is 0 Å². The minimum atomic E-state index is -4.20. The fourth-order valence-corrected chi connectivity index (χ4v) is 1.97. The van der Waals surface area contributed by atoms with Crippen LogP contribution in [-0.4, -0.2) is 11.2 Å². The Morgan fingerprint density at radius 1 is 1.00 bits per heavy atom. The maximum atomic E-state index is 12.7. The molecule has 1 atom stereocenters. The summed E-state index contributed by atoms with van der Waals surface area (Å²) in [5, 5.41) is 2.96. The first-order valence-corrected chi connectivity index (χ1v) is 6.28. The predicted molar refractivity (Wildman–Crippen MR) is 70.9 cm³/mol. The molecule has 1 aromatic heterocycles. The van der Waals surface area contributed by atoms with Gasteiger partial charge in [-0.25, -0.2) is 0 Å². The molecule has 0 aliphatic heterocycles. The Kier molecular flexibility index (Phi) is 4.74. The van der Waals surface area contributed by atoms with Crippen molar-refractivity contribution in [2.75, 3.05) is 0 Å². The summed E-state index contributed by atoms with van der Waals surface area (Å²) in [6, 6.07) is 11.5. The molecule has 0 fully saturated rings. The van der Waals surface area contributed by atoms with Crippen LogP contribution in [0.25, 0.3) is 0 Å². The van der Waals surface area contributed by atoms with Crippen molar-refractivity contribution >= 4 is 0 Å². The highest BCUT2D eigenvalue weighted by molar-refractivity contribution is 5.19. The molecule has 1 unspecified atom stereocenters. The normalized spacial score (nSPS) is 13.2. The van der Waals surface area contributed by atoms with Crippen LogP contribution in [0.15, 0.2) is 54.9 Å². The molecule has 0 saturated heterocycles. The number of nitrogens with one attached hydrogen (secondary N) is 1. The van der Waals surface area contributed by atoms with Gasteiger partial charge in [-0.05, 0) is 23.3 Å². The second kappa shape index (κ2) is 6.52. The second-order valence-corrected chi connectivity index (χ2v) is 4.52. The lowest BCUT2D eigenvalue weighted by atomic mass is 10.0. The molecule has 2 rings (SSSR count). The van der Waals surface area contributed by atoms with Gasteiger partial charge in [0.25, 0.3) is 0 Å². The van der Waals surface area contributed by atoms with Gasteiger partial charge >= 0.3 is 6.18 Å². The van der Waals surface area contributed by atoms with E-state index in [0.29, 0.717) is 12.1 Å². The Morgan fingerprint density at radius 3 is 2.25 bits per heavy atom. The van der Waals surface area contributed by atoms with Crippen LogP contribution in [0.5, 0.6) is 0 Å². The Labute approximate surface area is 115 Å². The molecule has 1 N–H and O–H groups in total. The number of nitrogens with zero attached hydrogens (tertiary/aromatic N) is 1. The molecule has 106 valence electrons. The number of pyridine rings is 1. The molecule has 0 aliphatic carbocycles. The molecule has 20 heavy (non-hydrogen) atoms. The van der Waals surface area contributed by atoms with Crippen LogP contribution in [0.1, 0.15) is 23.6 Å². The second-order valence-electron chi connectivity index (χ2n) is 4.52. The van der Waals surface area contributed by atoms with Crippen molar-refractivity contribution < 1.29 is 13.2 Å². The third kappa shape index (κ3) is 4.66. The van der Waals surface area contributed by atoms with E-state index in [9.17, 15) is 13.2 Å². The first kappa shape index (κ1) is 14.5. The van der Waals surface area contributed by atoms with Crippen molar-refractivity contribution in [2.24, 2.45) is 0 Å². The first-order chi connectivity index (χ1) is 9.54. The van der Waals surface area contributed by atoms with E-state index >= 15 is 0 Å². The number of rotatable bonds is 5. The number of alkyl halides is 3. The fraction of sp³-hybridized carbons (Fsp3) is 0.267. The van der Waals surface area contributed by atoms with E-state index in [4.69, 9.17) is 0 Å². The van der Waals surface area contributed by atoms with Gasteiger partial charge in [-0.3, -0.25) is 4.98 Å². The van der Waals surface area contributed by atoms with Gasteiger partial charge in [-0.2, -0.15) is 13.2 Å². The zero-order valence-corrected chi connectivity index (χ0v) is 10.8. The summed E-state index contributed by atoms with van der Waals surface area (Å²) < 4.78 is 38.0. The van der Waals surface area contributed by atoms with Gasteiger partial charge in [0.1, 0.15) is 0 Å². The lowest BCUT2D eigenvalue weighted by molar-refractivity contribution is -0.140. The van der Waals surface area contributed by atoms with Crippen LogP contribution in [0.4, 0.5) is 13.2 Å². The molecule has 0 radical (unpaired) electrons. The molecular formula is C15H15F3N2. The quantitative estimate of drug-likeness (QED) is 0.899. The maximum Gasteiger partial charge on any atom is 0.390 e. The summed E-state index contributed by atoms with van der Waals surface area (Å²) in [6.45, 7) is 0.373. The molecule has 0 aliphatic rings. The first-order valence-electron chi connectivity index (χ1n) is 6.28. The lowest BCUT2D eigenvalue weighted by Gasteiger charge is -2.20. The van der Waals surface area contributed by atoms with Crippen molar-refractivity contribution in [3.63, 3.8) is 0 Å². The molecule has 0 amide bonds. The van der Waals surface area contributed by atoms with Crippen molar-refractivity contribution in [1.82, 2.24) is 10.3 Å². The number of aromatic nitrogens is 1. The van der Waals surface area contributed by atoms with Crippen LogP contribution in [-0.2, 0) is 6.54 Å². The molecule has 0 bridgehead atoms. The standard InChI is InChI=1S/C15H15F3N2/c16-15(17,18)10-14(13-4-2-1-3-5-13)20-11-12-6-8-19-9-7-12/h1-9,14,20H,10-11H2. The summed E-state index contributed by atoms with van der Waals surface area (Å²) in [6.07, 6.45) is -1.84. The monoisotopic (exact) mass is 280 g/mol. The van der Waals surface area contributed by atoms with Crippen LogP contribution >= 0.6 is 0 Å². The minimum absolute atomic E-state index is 0.373. The molecule has 5 heteroatoms. The van der Waals surface area contributed by atoms with Crippen LogP contribution in [0, 0.1) is 0 Å². The molecule has 2 nitrogen and oxygen atoms in total. The Balaban J connectivity index is 2.07. The summed E-state index contributed by atoms with van der Waals surface area (Å²) in [4.78, 5) is 3.88. The van der Waals surface area contributed by atoms with E-state index < -0.39 is 18.6 Å². The van der Waals surface area contributed by atoms with Crippen molar-refractivity contribution in [2.45, 2.75) is 25.2 Å². The van der Waals surface area contributed by atoms with Crippen LogP contribution in [0.2, 0.25) is 0 Å². The van der Waals surface area contributed by atoms with Gasteiger partial charge in [0.2, 0.25) is 0 Å². The van der Waals surface area contributed by atoms with Gasteiger partial charge in [0, 0.05) is 25.0 Å². The van der Waals surface area contributed by atoms with Crippen molar-refractivity contribution in [3.05, 3.63) is 66.0 Å². The third-order valence-electron chi connectivity index (χ3n) is 2.94. The fourth-order valence-electron chi connectivity index (χ4n) is 1.97. The van der Waals surface area contributed by atoms with Gasteiger partial charge in [0.15, 0.2) is 0 Å². The van der Waals surface area contributed by atoms with E-state index in [0.717, 1.165) is 5.56 Å². The Hall–Kier alpha value is -1.88. The van der Waals surface area contributed by atoms with Crippen molar-refractivity contribution in [1.29, 1.82) is 0 Å². The molecular weight excluding hydrogens is 265 g/mol. The Bertz CT molecular complexity index is 512. The van der Waals surface area contributed by atoms with E-state index in [1.165, 1.54) is 0 Å². The smallest absolute Gasteiger partial charge is 0.306 e. The highest BCUT2D eigenvalue weighted by Crippen LogP contribution is 2.29. The minimum Gasteiger partial charge on any atom is -0.306 e. The predicted octanol–water partition coefficient (Wildman–Crippen LogP) is 3.86. The average molecular weight is 280 g/mol. The molecule has 1 heterocycles. The van der Waals surface area contributed by atoms with E-state index in [2.05, 4.69) is 10.3 Å². The molecule has 0 saturated carbocycles. The summed E-state index contributed by atoms with van der Waals surface area (Å²) in [5.74, 6) is 0. The number of benzene rings is 1. The summed E-state index contributed by atoms with van der Waals surface area (Å²) >= 11 is 0. The molecule has 1 aromatic carbocycles. The largest absolute Gasteiger partial charge is 0.390 e. The van der Waals surface area contributed by atoms with Crippen LogP contribution < -0.4 is 5.32 Å². The molecule has 0 spiro atoms. The van der Waals surface area contributed by atoms with Crippen molar-refractivity contribution in [3.8, 4) is 0 Å². The third-order valence-corrected chi connectivity index (χ3v) is 2.94. The average Bonchev–Trinajstić information content (AvgIpc) is 2.44. The maximum absolute atomic E-state index is 12.7. The number of hydrogen-bond donors (Lipinski definition) is 1. The zero-order valence-electron chi connectivity index (χ0n) is 10.8. The van der Waals surface area contributed by atoms with E-state index in [1.54, 1.807) is 54.9 Å². The van der Waals surface area contributed by atoms with Gasteiger partial charge in [-0.15, -0.1) is 0 Å². The summed E-state index contributed by atoms with van der Waals surface area (Å²) in [5.41, 5.74) is 1.54. The van der Waals surface area contributed by atoms with Gasteiger partial charge < -0.3 is 5.32 Å². The van der Waals surface area contributed by atoms with Crippen LogP contribution in [0.3, 0.4) is 0 Å². The molecule has 2 aromatic rings. The van der Waals surface area contributed by atoms with Gasteiger partial charge in [0.05, 0.1) is 6.42 Å². The number of hydrogen-bond acceptors (Lipinski definition) is 2. The highest BCUT2D eigenvalue weighted by Gasteiger charge is 2.32. The number of halogens is 3. The SMILES string of the molecule is FC(F)(F)CC(NCc1ccncc1)c1ccccc1.